The Hall–Kier alpha value is -0.310. The molecule has 0 saturated carbocycles. The molecule has 0 amide bonds. The fraction of sp³-hybridized carbons (Fsp3) is 0.727. The molecule has 1 aliphatic rings. The average molecular weight is 311 g/mol. The van der Waals surface area contributed by atoms with Crippen LogP contribution in [0.2, 0.25) is 0 Å². The molecule has 1 aromatic heterocycles. The normalized spacial score (nSPS) is 19.6. The number of alkyl halides is 3. The fourth-order valence-corrected chi connectivity index (χ4v) is 4.22. The average Bonchev–Trinajstić information content (AvgIpc) is 2.86. The highest BCUT2D eigenvalue weighted by molar-refractivity contribution is 7.99. The van der Waals surface area contributed by atoms with Gasteiger partial charge in [0.05, 0.1) is 6.04 Å². The van der Waals surface area contributed by atoms with Gasteiger partial charge in [0.25, 0.3) is 0 Å². The summed E-state index contributed by atoms with van der Waals surface area (Å²) < 4.78 is 37.6. The van der Waals surface area contributed by atoms with E-state index in [2.05, 4.69) is 10.4 Å². The van der Waals surface area contributed by atoms with Crippen molar-refractivity contribution in [1.82, 2.24) is 10.4 Å². The highest BCUT2D eigenvalue weighted by atomic mass is 32.2. The van der Waals surface area contributed by atoms with Gasteiger partial charge in [-0.15, -0.1) is 11.3 Å². The Morgan fingerprint density at radius 2 is 2.11 bits per heavy atom. The van der Waals surface area contributed by atoms with Gasteiger partial charge >= 0.3 is 6.18 Å². The van der Waals surface area contributed by atoms with Gasteiger partial charge in [0.2, 0.25) is 0 Å². The maximum absolute atomic E-state index is 12.5. The molecule has 19 heavy (non-hydrogen) atoms. The van der Waals surface area contributed by atoms with Crippen molar-refractivity contribution in [2.24, 2.45) is 11.8 Å². The minimum atomic E-state index is -4.37. The molecule has 0 bridgehead atoms. The molecular weight excluding hydrogens is 295 g/mol. The van der Waals surface area contributed by atoms with E-state index in [0.717, 1.165) is 30.8 Å². The smallest absolute Gasteiger partial charge is 0.271 e. The van der Waals surface area contributed by atoms with Gasteiger partial charge in [-0.1, -0.05) is 0 Å². The van der Waals surface area contributed by atoms with Crippen molar-refractivity contribution in [3.63, 3.8) is 0 Å². The quantitative estimate of drug-likeness (QED) is 0.662. The van der Waals surface area contributed by atoms with Crippen molar-refractivity contribution in [1.29, 1.82) is 0 Å². The number of nitrogens with two attached hydrogens (primary N) is 1. The van der Waals surface area contributed by atoms with Gasteiger partial charge in [0.1, 0.15) is 0 Å². The lowest BCUT2D eigenvalue weighted by Gasteiger charge is -2.25. The number of nitrogens with zero attached hydrogens (tertiary/aromatic N) is 1. The molecule has 2 heterocycles. The molecule has 1 fully saturated rings. The summed E-state index contributed by atoms with van der Waals surface area (Å²) in [6, 6.07) is -0.235. The van der Waals surface area contributed by atoms with Crippen LogP contribution in [0, 0.1) is 5.92 Å². The molecular formula is C11H16F3N3S2. The maximum Gasteiger partial charge on any atom is 0.443 e. The second-order valence-corrected chi connectivity index (χ2v) is 6.86. The zero-order chi connectivity index (χ0) is 13.9. The third-order valence-corrected chi connectivity index (χ3v) is 5.43. The van der Waals surface area contributed by atoms with Crippen molar-refractivity contribution in [3.8, 4) is 0 Å². The maximum atomic E-state index is 12.5. The lowest BCUT2D eigenvalue weighted by molar-refractivity contribution is -0.137. The Kier molecular flexibility index (Phi) is 5.10. The molecule has 1 saturated heterocycles. The number of hydrogen-bond acceptors (Lipinski definition) is 5. The topological polar surface area (TPSA) is 50.9 Å². The van der Waals surface area contributed by atoms with E-state index in [4.69, 9.17) is 5.84 Å². The van der Waals surface area contributed by atoms with Crippen LogP contribution < -0.4 is 11.3 Å². The van der Waals surface area contributed by atoms with Crippen LogP contribution in [0.25, 0.3) is 0 Å². The van der Waals surface area contributed by atoms with Crippen molar-refractivity contribution in [2.75, 3.05) is 11.5 Å². The first kappa shape index (κ1) is 15.1. The monoisotopic (exact) mass is 311 g/mol. The highest BCUT2D eigenvalue weighted by Crippen LogP contribution is 2.37. The van der Waals surface area contributed by atoms with Crippen LogP contribution in [0.3, 0.4) is 0 Å². The Morgan fingerprint density at radius 1 is 1.42 bits per heavy atom. The van der Waals surface area contributed by atoms with E-state index in [1.165, 1.54) is 6.20 Å². The number of rotatable bonds is 4. The molecule has 0 spiro atoms. The zero-order valence-electron chi connectivity index (χ0n) is 10.2. The number of hydrazine groups is 1. The van der Waals surface area contributed by atoms with E-state index in [9.17, 15) is 13.2 Å². The number of thioether (sulfide) groups is 1. The van der Waals surface area contributed by atoms with Gasteiger partial charge in [0.15, 0.2) is 5.01 Å². The minimum absolute atomic E-state index is 0.235. The molecule has 1 aliphatic heterocycles. The van der Waals surface area contributed by atoms with Gasteiger partial charge in [-0.05, 0) is 36.7 Å². The summed E-state index contributed by atoms with van der Waals surface area (Å²) in [6.45, 7) is 0. The van der Waals surface area contributed by atoms with Gasteiger partial charge < -0.3 is 0 Å². The molecule has 1 aromatic rings. The van der Waals surface area contributed by atoms with Gasteiger partial charge in [0, 0.05) is 11.1 Å². The van der Waals surface area contributed by atoms with Crippen LogP contribution >= 0.6 is 23.1 Å². The van der Waals surface area contributed by atoms with E-state index in [-0.39, 0.29) is 6.04 Å². The largest absolute Gasteiger partial charge is 0.443 e. The fourth-order valence-electron chi connectivity index (χ4n) is 2.16. The van der Waals surface area contributed by atoms with Crippen LogP contribution in [-0.2, 0) is 6.18 Å². The minimum Gasteiger partial charge on any atom is -0.271 e. The number of aromatic nitrogens is 1. The van der Waals surface area contributed by atoms with Gasteiger partial charge in [-0.3, -0.25) is 11.3 Å². The standard InChI is InChI=1S/C11H16F3N3S2/c12-11(13,14)10-16-6-9(19-10)8(17-15)5-7-1-3-18-4-2-7/h6-8,17H,1-5,15H2. The number of nitrogens with one attached hydrogen (secondary N) is 1. The number of thiazole rings is 1. The summed E-state index contributed by atoms with van der Waals surface area (Å²) >= 11 is 2.60. The summed E-state index contributed by atoms with van der Waals surface area (Å²) in [6.07, 6.45) is -0.1000. The lowest BCUT2D eigenvalue weighted by Crippen LogP contribution is -2.30. The van der Waals surface area contributed by atoms with E-state index >= 15 is 0 Å². The highest BCUT2D eigenvalue weighted by Gasteiger charge is 2.35. The molecule has 1 atom stereocenters. The summed E-state index contributed by atoms with van der Waals surface area (Å²) in [5.41, 5.74) is 2.63. The number of halogens is 3. The first-order chi connectivity index (χ1) is 9.00. The van der Waals surface area contributed by atoms with Crippen molar-refractivity contribution in [2.45, 2.75) is 31.5 Å². The van der Waals surface area contributed by atoms with E-state index in [1.807, 2.05) is 11.8 Å². The molecule has 8 heteroatoms. The molecule has 2 rings (SSSR count). The SMILES string of the molecule is NNC(CC1CCSCC1)c1cnc(C(F)(F)F)s1. The third-order valence-electron chi connectivity index (χ3n) is 3.22. The van der Waals surface area contributed by atoms with Crippen molar-refractivity contribution >= 4 is 23.1 Å². The van der Waals surface area contributed by atoms with Gasteiger partial charge in [-0.25, -0.2) is 4.98 Å². The first-order valence-electron chi connectivity index (χ1n) is 6.07. The Labute approximate surface area is 118 Å². The summed E-state index contributed by atoms with van der Waals surface area (Å²) in [5, 5.41) is -0.804. The molecule has 0 aliphatic carbocycles. The lowest BCUT2D eigenvalue weighted by atomic mass is 9.94. The second-order valence-electron chi connectivity index (χ2n) is 4.58. The molecule has 0 aromatic carbocycles. The summed E-state index contributed by atoms with van der Waals surface area (Å²) in [5.74, 6) is 8.26. The summed E-state index contributed by atoms with van der Waals surface area (Å²) in [4.78, 5) is 4.01. The van der Waals surface area contributed by atoms with Crippen LogP contribution in [0.4, 0.5) is 13.2 Å². The zero-order valence-corrected chi connectivity index (χ0v) is 11.9. The second kappa shape index (κ2) is 6.43. The van der Waals surface area contributed by atoms with E-state index in [0.29, 0.717) is 22.1 Å². The van der Waals surface area contributed by atoms with E-state index in [1.54, 1.807) is 0 Å². The molecule has 0 radical (unpaired) electrons. The van der Waals surface area contributed by atoms with Gasteiger partial charge in [-0.2, -0.15) is 24.9 Å². The Bertz CT molecular complexity index is 402. The Balaban J connectivity index is 2.02. The van der Waals surface area contributed by atoms with Crippen LogP contribution in [0.15, 0.2) is 6.20 Å². The molecule has 108 valence electrons. The Morgan fingerprint density at radius 3 is 2.63 bits per heavy atom. The van der Waals surface area contributed by atoms with Crippen LogP contribution in [0.5, 0.6) is 0 Å². The third kappa shape index (κ3) is 4.08. The summed E-state index contributed by atoms with van der Waals surface area (Å²) in [7, 11) is 0. The number of hydrogen-bond donors (Lipinski definition) is 2. The predicted octanol–water partition coefficient (Wildman–Crippen LogP) is 3.20. The van der Waals surface area contributed by atoms with Crippen LogP contribution in [-0.4, -0.2) is 16.5 Å². The van der Waals surface area contributed by atoms with Crippen molar-refractivity contribution < 1.29 is 13.2 Å². The van der Waals surface area contributed by atoms with E-state index < -0.39 is 11.2 Å². The van der Waals surface area contributed by atoms with Crippen LogP contribution in [0.1, 0.15) is 35.2 Å². The first-order valence-corrected chi connectivity index (χ1v) is 8.04. The molecule has 3 N–H and O–H groups in total. The molecule has 1 unspecified atom stereocenters. The van der Waals surface area contributed by atoms with Crippen molar-refractivity contribution in [3.05, 3.63) is 16.1 Å². The predicted molar refractivity (Wildman–Crippen MR) is 71.8 cm³/mol. The molecule has 3 nitrogen and oxygen atoms in total.